The lowest BCUT2D eigenvalue weighted by atomic mass is 10.0. The number of benzene rings is 4. The Morgan fingerprint density at radius 2 is 0.906 bits per heavy atom. The molecule has 0 heterocycles. The summed E-state index contributed by atoms with van der Waals surface area (Å²) < 4.78 is 0. The fourth-order valence-corrected chi connectivity index (χ4v) is 3.66. The first-order chi connectivity index (χ1) is 15.6. The van der Waals surface area contributed by atoms with E-state index in [1.165, 1.54) is 11.1 Å². The molecule has 0 aliphatic carbocycles. The zero-order valence-electron chi connectivity index (χ0n) is 18.5. The zero-order chi connectivity index (χ0) is 22.3. The van der Waals surface area contributed by atoms with Crippen molar-refractivity contribution >= 4 is 28.4 Å². The van der Waals surface area contributed by atoms with E-state index in [1.54, 1.807) is 0 Å². The van der Waals surface area contributed by atoms with Gasteiger partial charge in [-0.15, -0.1) is 0 Å². The number of anilines is 5. The second-order valence-electron chi connectivity index (χ2n) is 8.09. The van der Waals surface area contributed by atoms with Crippen LogP contribution in [0.1, 0.15) is 37.1 Å². The minimum atomic E-state index is 0.206. The van der Waals surface area contributed by atoms with E-state index in [0.717, 1.165) is 28.4 Å². The predicted octanol–water partition coefficient (Wildman–Crippen LogP) is 7.36. The molecule has 5 N–H and O–H groups in total. The average Bonchev–Trinajstić information content (AvgIpc) is 2.82. The van der Waals surface area contributed by atoms with Crippen LogP contribution in [0.3, 0.4) is 0 Å². The molecule has 0 saturated carbocycles. The Hall–Kier alpha value is -3.92. The highest BCUT2D eigenvalue weighted by Gasteiger charge is 2.09. The molecule has 0 spiro atoms. The third kappa shape index (κ3) is 5.61. The van der Waals surface area contributed by atoms with Crippen molar-refractivity contribution in [2.45, 2.75) is 25.9 Å². The standard InChI is InChI=1S/C28H30N4/c1-20(30-26-14-12-24(29)13-15-26)22-8-10-23(11-9-22)21(2)31-27-16-18-28(19-17-27)32-25-6-4-3-5-7-25/h3-21,30-32H,29H2,1-2H3. The normalized spacial score (nSPS) is 12.6. The molecule has 4 heteroatoms. The summed E-state index contributed by atoms with van der Waals surface area (Å²) in [5.41, 5.74) is 13.4. The van der Waals surface area contributed by atoms with Gasteiger partial charge in [0, 0.05) is 40.5 Å². The molecule has 4 aromatic rings. The molecule has 0 radical (unpaired) electrons. The smallest absolute Gasteiger partial charge is 0.0485 e. The molecule has 0 bridgehead atoms. The highest BCUT2D eigenvalue weighted by molar-refractivity contribution is 5.62. The van der Waals surface area contributed by atoms with Crippen molar-refractivity contribution in [3.63, 3.8) is 0 Å². The number of hydrogen-bond acceptors (Lipinski definition) is 4. The monoisotopic (exact) mass is 422 g/mol. The van der Waals surface area contributed by atoms with Gasteiger partial charge >= 0.3 is 0 Å². The quantitative estimate of drug-likeness (QED) is 0.224. The van der Waals surface area contributed by atoms with E-state index in [1.807, 2.05) is 42.5 Å². The average molecular weight is 423 g/mol. The van der Waals surface area contributed by atoms with Gasteiger partial charge in [0.2, 0.25) is 0 Å². The van der Waals surface area contributed by atoms with Crippen molar-refractivity contribution in [2.24, 2.45) is 0 Å². The maximum atomic E-state index is 5.77. The summed E-state index contributed by atoms with van der Waals surface area (Å²) in [5.74, 6) is 0. The molecule has 0 aliphatic heterocycles. The van der Waals surface area contributed by atoms with Crippen LogP contribution >= 0.6 is 0 Å². The van der Waals surface area contributed by atoms with E-state index >= 15 is 0 Å². The molecule has 4 nitrogen and oxygen atoms in total. The molecule has 0 aromatic heterocycles. The lowest BCUT2D eigenvalue weighted by molar-refractivity contribution is 0.863. The Kier molecular flexibility index (Phi) is 6.61. The Morgan fingerprint density at radius 1 is 0.500 bits per heavy atom. The first-order valence-corrected chi connectivity index (χ1v) is 11.0. The highest BCUT2D eigenvalue weighted by Crippen LogP contribution is 2.25. The molecule has 2 unspecified atom stereocenters. The van der Waals surface area contributed by atoms with Crippen molar-refractivity contribution < 1.29 is 0 Å². The van der Waals surface area contributed by atoms with E-state index in [2.05, 4.69) is 90.5 Å². The van der Waals surface area contributed by atoms with Crippen LogP contribution in [0.4, 0.5) is 28.4 Å². The second-order valence-corrected chi connectivity index (χ2v) is 8.09. The van der Waals surface area contributed by atoms with Gasteiger partial charge in [0.15, 0.2) is 0 Å². The molecule has 0 saturated heterocycles. The van der Waals surface area contributed by atoms with E-state index in [-0.39, 0.29) is 12.1 Å². The molecular weight excluding hydrogens is 392 g/mol. The molecule has 0 aliphatic rings. The topological polar surface area (TPSA) is 62.1 Å². The van der Waals surface area contributed by atoms with E-state index in [0.29, 0.717) is 0 Å². The Morgan fingerprint density at radius 3 is 1.41 bits per heavy atom. The SMILES string of the molecule is CC(Nc1ccc(N)cc1)c1ccc(C(C)Nc2ccc(Nc3ccccc3)cc2)cc1. The first-order valence-electron chi connectivity index (χ1n) is 11.0. The zero-order valence-corrected chi connectivity index (χ0v) is 18.5. The highest BCUT2D eigenvalue weighted by atomic mass is 14.9. The lowest BCUT2D eigenvalue weighted by Crippen LogP contribution is -2.09. The van der Waals surface area contributed by atoms with Gasteiger partial charge in [-0.2, -0.15) is 0 Å². The molecule has 0 amide bonds. The van der Waals surface area contributed by atoms with Crippen LogP contribution in [-0.4, -0.2) is 0 Å². The van der Waals surface area contributed by atoms with E-state index in [9.17, 15) is 0 Å². The third-order valence-electron chi connectivity index (χ3n) is 5.56. The summed E-state index contributed by atoms with van der Waals surface area (Å²) in [4.78, 5) is 0. The predicted molar refractivity (Wildman–Crippen MR) is 138 cm³/mol. The van der Waals surface area contributed by atoms with Crippen LogP contribution in [0.25, 0.3) is 0 Å². The summed E-state index contributed by atoms with van der Waals surface area (Å²) in [5, 5.41) is 10.5. The van der Waals surface area contributed by atoms with E-state index < -0.39 is 0 Å². The summed E-state index contributed by atoms with van der Waals surface area (Å²) in [6.07, 6.45) is 0. The Labute approximate surface area is 190 Å². The Balaban J connectivity index is 1.34. The fourth-order valence-electron chi connectivity index (χ4n) is 3.66. The maximum absolute atomic E-state index is 5.77. The lowest BCUT2D eigenvalue weighted by Gasteiger charge is -2.19. The van der Waals surface area contributed by atoms with Crippen LogP contribution in [0.5, 0.6) is 0 Å². The van der Waals surface area contributed by atoms with Crippen molar-refractivity contribution in [3.8, 4) is 0 Å². The number of rotatable bonds is 8. The van der Waals surface area contributed by atoms with E-state index in [4.69, 9.17) is 5.73 Å². The van der Waals surface area contributed by atoms with Crippen LogP contribution < -0.4 is 21.7 Å². The Bertz CT molecular complexity index is 1100. The van der Waals surface area contributed by atoms with Gasteiger partial charge in [-0.05, 0) is 85.6 Å². The largest absolute Gasteiger partial charge is 0.399 e. The van der Waals surface area contributed by atoms with Crippen LogP contribution in [0.2, 0.25) is 0 Å². The third-order valence-corrected chi connectivity index (χ3v) is 5.56. The minimum absolute atomic E-state index is 0.206. The summed E-state index contributed by atoms with van der Waals surface area (Å²) in [6, 6.07) is 35.6. The van der Waals surface area contributed by atoms with Gasteiger partial charge in [0.25, 0.3) is 0 Å². The van der Waals surface area contributed by atoms with Crippen molar-refractivity contribution in [1.29, 1.82) is 0 Å². The number of para-hydroxylation sites is 1. The molecular formula is C28H30N4. The van der Waals surface area contributed by atoms with Crippen molar-refractivity contribution in [3.05, 3.63) is 114 Å². The van der Waals surface area contributed by atoms with Gasteiger partial charge in [-0.25, -0.2) is 0 Å². The van der Waals surface area contributed by atoms with Gasteiger partial charge in [0.1, 0.15) is 0 Å². The first kappa shape index (κ1) is 21.3. The summed E-state index contributed by atoms with van der Waals surface area (Å²) >= 11 is 0. The molecule has 0 fully saturated rings. The van der Waals surface area contributed by atoms with Crippen molar-refractivity contribution in [1.82, 2.24) is 0 Å². The van der Waals surface area contributed by atoms with Gasteiger partial charge in [0.05, 0.1) is 0 Å². The number of nitrogen functional groups attached to an aromatic ring is 1. The molecule has 2 atom stereocenters. The summed E-state index contributed by atoms with van der Waals surface area (Å²) in [6.45, 7) is 4.35. The number of nitrogens with one attached hydrogen (secondary N) is 3. The molecule has 162 valence electrons. The van der Waals surface area contributed by atoms with Crippen LogP contribution in [0, 0.1) is 0 Å². The summed E-state index contributed by atoms with van der Waals surface area (Å²) in [7, 11) is 0. The van der Waals surface area contributed by atoms with Crippen molar-refractivity contribution in [2.75, 3.05) is 21.7 Å². The fraction of sp³-hybridized carbons (Fsp3) is 0.143. The maximum Gasteiger partial charge on any atom is 0.0485 e. The molecule has 4 aromatic carbocycles. The molecule has 4 rings (SSSR count). The second kappa shape index (κ2) is 9.92. The minimum Gasteiger partial charge on any atom is -0.399 e. The molecule has 32 heavy (non-hydrogen) atoms. The van der Waals surface area contributed by atoms with Gasteiger partial charge < -0.3 is 21.7 Å². The number of nitrogens with two attached hydrogens (primary N) is 1. The van der Waals surface area contributed by atoms with Crippen LogP contribution in [-0.2, 0) is 0 Å². The van der Waals surface area contributed by atoms with Crippen LogP contribution in [0.15, 0.2) is 103 Å². The number of hydrogen-bond donors (Lipinski definition) is 4. The van der Waals surface area contributed by atoms with Gasteiger partial charge in [-0.1, -0.05) is 42.5 Å². The van der Waals surface area contributed by atoms with Gasteiger partial charge in [-0.3, -0.25) is 0 Å².